The Balaban J connectivity index is 0.00000225. The summed E-state index contributed by atoms with van der Waals surface area (Å²) in [6.07, 6.45) is 3.77. The molecular formula is C19H23IN6O2. The van der Waals surface area contributed by atoms with Crippen molar-refractivity contribution in [2.75, 3.05) is 20.4 Å². The van der Waals surface area contributed by atoms with E-state index >= 15 is 0 Å². The molecule has 0 bridgehead atoms. The minimum absolute atomic E-state index is 0. The zero-order valence-corrected chi connectivity index (χ0v) is 17.9. The Morgan fingerprint density at radius 2 is 2.04 bits per heavy atom. The largest absolute Gasteiger partial charge is 0.454 e. The number of aliphatic imine (C=N–C) groups is 1. The number of aromatic nitrogens is 3. The molecule has 0 radical (unpaired) electrons. The molecule has 9 heteroatoms. The molecule has 0 spiro atoms. The summed E-state index contributed by atoms with van der Waals surface area (Å²) in [4.78, 5) is 4.27. The van der Waals surface area contributed by atoms with Gasteiger partial charge in [0.25, 0.3) is 0 Å². The van der Waals surface area contributed by atoms with Gasteiger partial charge in [-0.2, -0.15) is 0 Å². The van der Waals surface area contributed by atoms with E-state index in [-0.39, 0.29) is 30.8 Å². The van der Waals surface area contributed by atoms with Crippen LogP contribution in [0.1, 0.15) is 17.8 Å². The van der Waals surface area contributed by atoms with Crippen molar-refractivity contribution in [2.24, 2.45) is 4.99 Å². The predicted octanol–water partition coefficient (Wildman–Crippen LogP) is 2.37. The van der Waals surface area contributed by atoms with Gasteiger partial charge >= 0.3 is 0 Å². The van der Waals surface area contributed by atoms with E-state index in [1.165, 1.54) is 0 Å². The van der Waals surface area contributed by atoms with Gasteiger partial charge in [-0.05, 0) is 36.2 Å². The number of hydrogen-bond acceptors (Lipinski definition) is 5. The first-order valence-electron chi connectivity index (χ1n) is 8.95. The van der Waals surface area contributed by atoms with Gasteiger partial charge in [0.05, 0.1) is 0 Å². The molecule has 0 fully saturated rings. The lowest BCUT2D eigenvalue weighted by atomic mass is 10.2. The van der Waals surface area contributed by atoms with E-state index in [9.17, 15) is 0 Å². The van der Waals surface area contributed by atoms with E-state index in [0.717, 1.165) is 53.9 Å². The molecule has 2 N–H and O–H groups in total. The van der Waals surface area contributed by atoms with Gasteiger partial charge in [0, 0.05) is 32.8 Å². The standard InChI is InChI=1S/C19H22N6O2.HI/c1-20-19(22-12-14-7-8-15-16(11-14)27-13-26-15)21-9-4-6-18-24-23-17-5-2-3-10-25(17)18;/h2-3,5,7-8,10-11H,4,6,9,12-13H2,1H3,(H2,20,21,22);1H. The van der Waals surface area contributed by atoms with E-state index in [4.69, 9.17) is 9.47 Å². The number of aryl methyl sites for hydroxylation is 1. The van der Waals surface area contributed by atoms with Crippen LogP contribution in [0, 0.1) is 0 Å². The molecule has 4 rings (SSSR count). The Hall–Kier alpha value is -2.56. The number of rotatable bonds is 6. The van der Waals surface area contributed by atoms with E-state index < -0.39 is 0 Å². The third-order valence-corrected chi connectivity index (χ3v) is 4.37. The zero-order valence-electron chi connectivity index (χ0n) is 15.6. The highest BCUT2D eigenvalue weighted by Gasteiger charge is 2.13. The van der Waals surface area contributed by atoms with Crippen LogP contribution >= 0.6 is 24.0 Å². The van der Waals surface area contributed by atoms with Crippen LogP contribution in [-0.4, -0.2) is 40.9 Å². The highest BCUT2D eigenvalue weighted by atomic mass is 127. The molecule has 0 atom stereocenters. The molecule has 0 saturated heterocycles. The summed E-state index contributed by atoms with van der Waals surface area (Å²) in [6, 6.07) is 11.8. The maximum atomic E-state index is 5.41. The summed E-state index contributed by atoms with van der Waals surface area (Å²) in [5, 5.41) is 15.1. The Bertz CT molecular complexity index is 959. The number of fused-ring (bicyclic) bond motifs is 2. The monoisotopic (exact) mass is 494 g/mol. The van der Waals surface area contributed by atoms with Crippen molar-refractivity contribution in [2.45, 2.75) is 19.4 Å². The van der Waals surface area contributed by atoms with Crippen molar-refractivity contribution in [1.82, 2.24) is 25.2 Å². The minimum atomic E-state index is 0. The average Bonchev–Trinajstić information content (AvgIpc) is 3.34. The van der Waals surface area contributed by atoms with E-state index in [0.29, 0.717) is 6.54 Å². The summed E-state index contributed by atoms with van der Waals surface area (Å²) >= 11 is 0. The number of halogens is 1. The van der Waals surface area contributed by atoms with Crippen LogP contribution in [0.25, 0.3) is 5.65 Å². The van der Waals surface area contributed by atoms with Crippen LogP contribution in [0.3, 0.4) is 0 Å². The van der Waals surface area contributed by atoms with Crippen LogP contribution in [0.15, 0.2) is 47.6 Å². The first-order chi connectivity index (χ1) is 13.3. The fraction of sp³-hybridized carbons (Fsp3) is 0.316. The van der Waals surface area contributed by atoms with Gasteiger partial charge in [-0.25, -0.2) is 0 Å². The van der Waals surface area contributed by atoms with Gasteiger partial charge in [-0.15, -0.1) is 34.2 Å². The molecule has 8 nitrogen and oxygen atoms in total. The molecule has 0 saturated carbocycles. The van der Waals surface area contributed by atoms with Crippen molar-refractivity contribution in [1.29, 1.82) is 0 Å². The Labute approximate surface area is 180 Å². The molecule has 0 amide bonds. The molecule has 3 heterocycles. The molecule has 0 aliphatic carbocycles. The maximum Gasteiger partial charge on any atom is 0.231 e. The van der Waals surface area contributed by atoms with Gasteiger partial charge < -0.3 is 20.1 Å². The quantitative estimate of drug-likeness (QED) is 0.237. The third-order valence-electron chi connectivity index (χ3n) is 4.37. The molecule has 148 valence electrons. The molecule has 1 aromatic carbocycles. The topological polar surface area (TPSA) is 85.1 Å². The molecule has 0 unspecified atom stereocenters. The molecule has 2 aromatic heterocycles. The average molecular weight is 494 g/mol. The van der Waals surface area contributed by atoms with Crippen molar-refractivity contribution in [3.05, 3.63) is 54.0 Å². The summed E-state index contributed by atoms with van der Waals surface area (Å²) in [6.45, 7) is 1.74. The second-order valence-corrected chi connectivity index (χ2v) is 6.19. The number of nitrogens with zero attached hydrogens (tertiary/aromatic N) is 4. The Morgan fingerprint density at radius 3 is 2.93 bits per heavy atom. The van der Waals surface area contributed by atoms with Gasteiger partial charge in [0.2, 0.25) is 6.79 Å². The van der Waals surface area contributed by atoms with Gasteiger partial charge in [-0.1, -0.05) is 12.1 Å². The summed E-state index contributed by atoms with van der Waals surface area (Å²) < 4.78 is 12.8. The number of pyridine rings is 1. The fourth-order valence-electron chi connectivity index (χ4n) is 2.97. The summed E-state index contributed by atoms with van der Waals surface area (Å²) in [7, 11) is 1.76. The smallest absolute Gasteiger partial charge is 0.231 e. The van der Waals surface area contributed by atoms with Crippen molar-refractivity contribution in [3.8, 4) is 11.5 Å². The summed E-state index contributed by atoms with van der Waals surface area (Å²) in [5.74, 6) is 3.31. The lowest BCUT2D eigenvalue weighted by Crippen LogP contribution is -2.37. The maximum absolute atomic E-state index is 5.41. The number of hydrogen-bond donors (Lipinski definition) is 2. The van der Waals surface area contributed by atoms with Gasteiger partial charge in [0.15, 0.2) is 23.1 Å². The zero-order chi connectivity index (χ0) is 18.5. The van der Waals surface area contributed by atoms with Crippen LogP contribution in [0.4, 0.5) is 0 Å². The van der Waals surface area contributed by atoms with E-state index in [2.05, 4.69) is 25.8 Å². The fourth-order valence-corrected chi connectivity index (χ4v) is 2.97. The van der Waals surface area contributed by atoms with Gasteiger partial charge in [-0.3, -0.25) is 9.39 Å². The van der Waals surface area contributed by atoms with E-state index in [1.54, 1.807) is 7.05 Å². The number of benzene rings is 1. The van der Waals surface area contributed by atoms with Crippen LogP contribution in [0.5, 0.6) is 11.5 Å². The normalized spacial score (nSPS) is 12.7. The molecule has 3 aromatic rings. The number of ether oxygens (including phenoxy) is 2. The van der Waals surface area contributed by atoms with Crippen LogP contribution in [0.2, 0.25) is 0 Å². The molecule has 1 aliphatic heterocycles. The first kappa shape index (κ1) is 20.2. The SMILES string of the molecule is CN=C(NCCCc1nnc2ccccn12)NCc1ccc2c(c1)OCO2.I. The Kier molecular flexibility index (Phi) is 6.90. The summed E-state index contributed by atoms with van der Waals surface area (Å²) in [5.41, 5.74) is 1.98. The second-order valence-electron chi connectivity index (χ2n) is 6.19. The van der Waals surface area contributed by atoms with Crippen LogP contribution in [-0.2, 0) is 13.0 Å². The second kappa shape index (κ2) is 9.58. The number of nitrogens with one attached hydrogen (secondary N) is 2. The lowest BCUT2D eigenvalue weighted by Gasteiger charge is -2.12. The first-order valence-corrected chi connectivity index (χ1v) is 8.95. The van der Waals surface area contributed by atoms with Crippen molar-refractivity contribution < 1.29 is 9.47 Å². The molecular weight excluding hydrogens is 471 g/mol. The minimum Gasteiger partial charge on any atom is -0.454 e. The van der Waals surface area contributed by atoms with E-state index in [1.807, 2.05) is 47.0 Å². The highest BCUT2D eigenvalue weighted by Crippen LogP contribution is 2.32. The van der Waals surface area contributed by atoms with Gasteiger partial charge in [0.1, 0.15) is 5.82 Å². The number of guanidine groups is 1. The molecule has 28 heavy (non-hydrogen) atoms. The lowest BCUT2D eigenvalue weighted by molar-refractivity contribution is 0.174. The van der Waals surface area contributed by atoms with Crippen molar-refractivity contribution >= 4 is 35.6 Å². The molecule has 1 aliphatic rings. The van der Waals surface area contributed by atoms with Crippen LogP contribution < -0.4 is 20.1 Å². The van der Waals surface area contributed by atoms with Crippen molar-refractivity contribution in [3.63, 3.8) is 0 Å². The predicted molar refractivity (Wildman–Crippen MR) is 117 cm³/mol. The Morgan fingerprint density at radius 1 is 1.14 bits per heavy atom. The highest BCUT2D eigenvalue weighted by molar-refractivity contribution is 14.0. The third kappa shape index (κ3) is 4.64.